The van der Waals surface area contributed by atoms with E-state index in [1.807, 2.05) is 0 Å². The molecular weight excluding hydrogens is 326 g/mol. The molecule has 0 saturated heterocycles. The van der Waals surface area contributed by atoms with Crippen LogP contribution in [0.3, 0.4) is 0 Å². The van der Waals surface area contributed by atoms with Crippen LogP contribution in [0.4, 0.5) is 0 Å². The van der Waals surface area contributed by atoms with Crippen molar-refractivity contribution in [3.05, 3.63) is 12.3 Å². The Balaban J connectivity index is 3.12. The van der Waals surface area contributed by atoms with E-state index in [9.17, 15) is 0 Å². The van der Waals surface area contributed by atoms with E-state index in [2.05, 4.69) is 53.6 Å². The molecule has 27 heavy (non-hydrogen) atoms. The lowest BCUT2D eigenvalue weighted by Gasteiger charge is -2.47. The second kappa shape index (κ2) is 12.2. The predicted molar refractivity (Wildman–Crippen MR) is 123 cm³/mol. The van der Waals surface area contributed by atoms with Gasteiger partial charge in [0.1, 0.15) is 0 Å². The molecule has 1 saturated carbocycles. The largest absolute Gasteiger partial charge is 0.391 e. The van der Waals surface area contributed by atoms with Crippen LogP contribution in [0.25, 0.3) is 0 Å². The molecule has 1 aliphatic rings. The topological polar surface area (TPSA) is 12.0 Å². The SMILES string of the molecule is C=C(NC)C(C)(CC(C)C)CC1(C(C)CC)CCCCCCCCCCC1. The Morgan fingerprint density at radius 1 is 0.926 bits per heavy atom. The van der Waals surface area contributed by atoms with E-state index in [1.165, 1.54) is 95.6 Å². The molecule has 1 fully saturated rings. The third-order valence-corrected chi connectivity index (χ3v) is 7.64. The number of allylic oxidation sites excluding steroid dienone is 1. The summed E-state index contributed by atoms with van der Waals surface area (Å²) >= 11 is 0. The van der Waals surface area contributed by atoms with Gasteiger partial charge in [0.25, 0.3) is 0 Å². The molecule has 0 heterocycles. The predicted octanol–water partition coefficient (Wildman–Crippen LogP) is 8.50. The molecule has 0 radical (unpaired) electrons. The molecular formula is C26H51N. The molecule has 1 heteroatoms. The van der Waals surface area contributed by atoms with Gasteiger partial charge in [-0.05, 0) is 42.9 Å². The Labute approximate surface area is 172 Å². The molecule has 0 spiro atoms. The Hall–Kier alpha value is -0.460. The summed E-state index contributed by atoms with van der Waals surface area (Å²) in [4.78, 5) is 0. The lowest BCUT2D eigenvalue weighted by molar-refractivity contribution is 0.0555. The Morgan fingerprint density at radius 2 is 1.37 bits per heavy atom. The first-order valence-corrected chi connectivity index (χ1v) is 12.2. The second-order valence-corrected chi connectivity index (χ2v) is 10.4. The highest BCUT2D eigenvalue weighted by Gasteiger charge is 2.42. The van der Waals surface area contributed by atoms with Gasteiger partial charge in [0, 0.05) is 18.2 Å². The molecule has 1 nitrogen and oxygen atoms in total. The number of hydrogen-bond acceptors (Lipinski definition) is 1. The summed E-state index contributed by atoms with van der Waals surface area (Å²) in [6, 6.07) is 0. The van der Waals surface area contributed by atoms with Crippen LogP contribution in [-0.4, -0.2) is 7.05 Å². The molecule has 0 aromatic carbocycles. The van der Waals surface area contributed by atoms with Crippen molar-refractivity contribution >= 4 is 0 Å². The monoisotopic (exact) mass is 377 g/mol. The zero-order valence-corrected chi connectivity index (χ0v) is 19.8. The van der Waals surface area contributed by atoms with Gasteiger partial charge in [-0.2, -0.15) is 0 Å². The van der Waals surface area contributed by atoms with Crippen LogP contribution in [0.5, 0.6) is 0 Å². The minimum Gasteiger partial charge on any atom is -0.391 e. The highest BCUT2D eigenvalue weighted by atomic mass is 14.9. The van der Waals surface area contributed by atoms with Gasteiger partial charge in [0.15, 0.2) is 0 Å². The lowest BCUT2D eigenvalue weighted by atomic mass is 9.58. The van der Waals surface area contributed by atoms with Crippen LogP contribution in [0.2, 0.25) is 0 Å². The molecule has 0 aromatic heterocycles. The first-order valence-electron chi connectivity index (χ1n) is 12.2. The molecule has 1 N–H and O–H groups in total. The zero-order chi connectivity index (χ0) is 20.3. The molecule has 0 amide bonds. The summed E-state index contributed by atoms with van der Waals surface area (Å²) in [5.41, 5.74) is 1.94. The van der Waals surface area contributed by atoms with E-state index < -0.39 is 0 Å². The van der Waals surface area contributed by atoms with Crippen molar-refractivity contribution in [1.82, 2.24) is 5.32 Å². The van der Waals surface area contributed by atoms with Gasteiger partial charge < -0.3 is 5.32 Å². The molecule has 1 aliphatic carbocycles. The summed E-state index contributed by atoms with van der Waals surface area (Å²) < 4.78 is 0. The van der Waals surface area contributed by atoms with Crippen LogP contribution in [-0.2, 0) is 0 Å². The van der Waals surface area contributed by atoms with Crippen LogP contribution in [0.1, 0.15) is 125 Å². The molecule has 160 valence electrons. The van der Waals surface area contributed by atoms with Gasteiger partial charge in [-0.1, -0.05) is 105 Å². The van der Waals surface area contributed by atoms with Crippen molar-refractivity contribution in [2.45, 2.75) is 125 Å². The average molecular weight is 378 g/mol. The molecule has 2 unspecified atom stereocenters. The van der Waals surface area contributed by atoms with E-state index in [0.717, 1.165) is 5.92 Å². The quantitative estimate of drug-likeness (QED) is 0.447. The fourth-order valence-electron chi connectivity index (χ4n) is 5.88. The van der Waals surface area contributed by atoms with Gasteiger partial charge in [0.2, 0.25) is 0 Å². The smallest absolute Gasteiger partial charge is 0.00915 e. The lowest BCUT2D eigenvalue weighted by Crippen LogP contribution is -2.39. The summed E-state index contributed by atoms with van der Waals surface area (Å²) in [6.07, 6.45) is 19.7. The fraction of sp³-hybridized carbons (Fsp3) is 0.923. The zero-order valence-electron chi connectivity index (χ0n) is 19.8. The Kier molecular flexibility index (Phi) is 11.1. The van der Waals surface area contributed by atoms with Crippen molar-refractivity contribution in [3.8, 4) is 0 Å². The molecule has 0 aliphatic heterocycles. The Bertz CT molecular complexity index is 398. The minimum absolute atomic E-state index is 0.198. The number of rotatable bonds is 8. The summed E-state index contributed by atoms with van der Waals surface area (Å²) in [5.74, 6) is 1.51. The van der Waals surface area contributed by atoms with E-state index >= 15 is 0 Å². The summed E-state index contributed by atoms with van der Waals surface area (Å²) in [5, 5.41) is 3.45. The van der Waals surface area contributed by atoms with Crippen molar-refractivity contribution in [2.75, 3.05) is 7.05 Å². The highest BCUT2D eigenvalue weighted by molar-refractivity contribution is 5.09. The molecule has 2 atom stereocenters. The summed E-state index contributed by atoms with van der Waals surface area (Å²) in [7, 11) is 2.07. The van der Waals surface area contributed by atoms with Crippen molar-refractivity contribution in [2.24, 2.45) is 22.7 Å². The highest BCUT2D eigenvalue weighted by Crippen LogP contribution is 2.52. The molecule has 0 bridgehead atoms. The van der Waals surface area contributed by atoms with E-state index in [0.29, 0.717) is 11.3 Å². The minimum atomic E-state index is 0.198. The first-order chi connectivity index (χ1) is 12.8. The standard InChI is InChI=1S/C26H51N/c1-8-23(4)26(21-25(6,20-22(2)3)24(5)27-7)18-16-14-12-10-9-11-13-15-17-19-26/h22-23,27H,5,8-21H2,1-4,6-7H3. The van der Waals surface area contributed by atoms with Crippen LogP contribution in [0.15, 0.2) is 12.3 Å². The van der Waals surface area contributed by atoms with Crippen LogP contribution >= 0.6 is 0 Å². The number of nitrogens with one attached hydrogen (secondary N) is 1. The Morgan fingerprint density at radius 3 is 1.74 bits per heavy atom. The normalized spacial score (nSPS) is 22.9. The van der Waals surface area contributed by atoms with Crippen LogP contribution in [0, 0.1) is 22.7 Å². The third-order valence-electron chi connectivity index (χ3n) is 7.64. The maximum atomic E-state index is 4.47. The molecule has 0 aromatic rings. The van der Waals surface area contributed by atoms with Crippen molar-refractivity contribution in [3.63, 3.8) is 0 Å². The van der Waals surface area contributed by atoms with E-state index in [-0.39, 0.29) is 5.41 Å². The average Bonchev–Trinajstić information content (AvgIpc) is 2.62. The second-order valence-electron chi connectivity index (χ2n) is 10.4. The van der Waals surface area contributed by atoms with Gasteiger partial charge in [0.05, 0.1) is 0 Å². The van der Waals surface area contributed by atoms with Gasteiger partial charge >= 0.3 is 0 Å². The first kappa shape index (κ1) is 24.6. The number of hydrogen-bond donors (Lipinski definition) is 1. The van der Waals surface area contributed by atoms with Crippen LogP contribution < -0.4 is 5.32 Å². The maximum Gasteiger partial charge on any atom is 0.00915 e. The van der Waals surface area contributed by atoms with Gasteiger partial charge in [-0.3, -0.25) is 0 Å². The van der Waals surface area contributed by atoms with E-state index in [1.54, 1.807) is 0 Å². The molecule has 1 rings (SSSR count). The van der Waals surface area contributed by atoms with Crippen molar-refractivity contribution in [1.29, 1.82) is 0 Å². The maximum absolute atomic E-state index is 4.47. The fourth-order valence-corrected chi connectivity index (χ4v) is 5.88. The third kappa shape index (κ3) is 7.82. The van der Waals surface area contributed by atoms with Crippen molar-refractivity contribution < 1.29 is 0 Å². The summed E-state index contributed by atoms with van der Waals surface area (Å²) in [6.45, 7) is 16.7. The van der Waals surface area contributed by atoms with Gasteiger partial charge in [-0.25, -0.2) is 0 Å². The van der Waals surface area contributed by atoms with E-state index in [4.69, 9.17) is 0 Å². The van der Waals surface area contributed by atoms with Gasteiger partial charge in [-0.15, -0.1) is 0 Å².